The van der Waals surface area contributed by atoms with Crippen LogP contribution in [0.5, 0.6) is 0 Å². The standard InChI is InChI=1S/C23H29FN2O4/c1-14-2-3-18(9-19(14)24)26-20(27)13-30-21(28)4-5-25-22(29)23-10-15-6-16(11-23)8-17(7-15)12-23/h2-3,9,15-17H,4-8,10-13H2,1H3,(H,25,29)(H,26,27). The SMILES string of the molecule is Cc1ccc(NC(=O)COC(=O)CCNC(=O)C23CC4CC(CC(C4)C2)C3)cc1F. The molecule has 0 aromatic heterocycles. The van der Waals surface area contributed by atoms with E-state index in [4.69, 9.17) is 4.74 Å². The van der Waals surface area contributed by atoms with E-state index in [1.54, 1.807) is 19.1 Å². The van der Waals surface area contributed by atoms with Crippen molar-refractivity contribution in [2.45, 2.75) is 51.9 Å². The molecule has 4 bridgehead atoms. The molecule has 0 heterocycles. The van der Waals surface area contributed by atoms with Crippen molar-refractivity contribution in [2.24, 2.45) is 23.2 Å². The largest absolute Gasteiger partial charge is 0.456 e. The first-order valence-corrected chi connectivity index (χ1v) is 10.8. The lowest BCUT2D eigenvalue weighted by Crippen LogP contribution is -2.53. The summed E-state index contributed by atoms with van der Waals surface area (Å²) in [6.07, 6.45) is 6.78. The Morgan fingerprint density at radius 3 is 2.33 bits per heavy atom. The number of halogens is 1. The van der Waals surface area contributed by atoms with Crippen molar-refractivity contribution in [3.8, 4) is 0 Å². The van der Waals surface area contributed by atoms with E-state index in [-0.39, 0.29) is 24.3 Å². The number of nitrogens with one attached hydrogen (secondary N) is 2. The van der Waals surface area contributed by atoms with E-state index in [1.807, 2.05) is 0 Å². The topological polar surface area (TPSA) is 84.5 Å². The summed E-state index contributed by atoms with van der Waals surface area (Å²) in [7, 11) is 0. The second kappa shape index (κ2) is 8.36. The fraction of sp³-hybridized carbons (Fsp3) is 0.609. The first-order valence-electron chi connectivity index (χ1n) is 10.8. The predicted molar refractivity (Wildman–Crippen MR) is 109 cm³/mol. The van der Waals surface area contributed by atoms with Gasteiger partial charge in [-0.3, -0.25) is 14.4 Å². The van der Waals surface area contributed by atoms with Crippen molar-refractivity contribution >= 4 is 23.5 Å². The number of esters is 1. The van der Waals surface area contributed by atoms with Crippen LogP contribution >= 0.6 is 0 Å². The van der Waals surface area contributed by atoms with Gasteiger partial charge >= 0.3 is 5.97 Å². The molecule has 4 fully saturated rings. The van der Waals surface area contributed by atoms with Crippen LogP contribution in [0.4, 0.5) is 10.1 Å². The first kappa shape index (κ1) is 20.8. The molecule has 7 heteroatoms. The van der Waals surface area contributed by atoms with Crippen LogP contribution in [0.2, 0.25) is 0 Å². The molecule has 162 valence electrons. The lowest BCUT2D eigenvalue weighted by Gasteiger charge is -2.55. The predicted octanol–water partition coefficient (Wildman–Crippen LogP) is 3.34. The molecule has 0 spiro atoms. The Hall–Kier alpha value is -2.44. The summed E-state index contributed by atoms with van der Waals surface area (Å²) in [5.41, 5.74) is 0.555. The highest BCUT2D eigenvalue weighted by atomic mass is 19.1. The third-order valence-electron chi connectivity index (χ3n) is 6.95. The van der Waals surface area contributed by atoms with E-state index in [1.165, 1.54) is 25.3 Å². The van der Waals surface area contributed by atoms with Gasteiger partial charge in [-0.15, -0.1) is 0 Å². The molecule has 0 atom stereocenters. The van der Waals surface area contributed by atoms with Crippen LogP contribution in [-0.2, 0) is 19.1 Å². The summed E-state index contributed by atoms with van der Waals surface area (Å²) in [6.45, 7) is 1.40. The van der Waals surface area contributed by atoms with E-state index < -0.39 is 24.3 Å². The first-order chi connectivity index (χ1) is 14.3. The Kier molecular flexibility index (Phi) is 5.80. The molecule has 1 aromatic rings. The quantitative estimate of drug-likeness (QED) is 0.668. The zero-order chi connectivity index (χ0) is 21.3. The molecule has 6 nitrogen and oxygen atoms in total. The molecule has 2 N–H and O–H groups in total. The third kappa shape index (κ3) is 4.50. The number of anilines is 1. The van der Waals surface area contributed by atoms with Crippen LogP contribution in [0, 0.1) is 35.9 Å². The molecular weight excluding hydrogens is 387 g/mol. The van der Waals surface area contributed by atoms with Gasteiger partial charge in [-0.2, -0.15) is 0 Å². The van der Waals surface area contributed by atoms with E-state index in [2.05, 4.69) is 10.6 Å². The molecule has 1 aromatic carbocycles. The summed E-state index contributed by atoms with van der Waals surface area (Å²) in [5.74, 6) is 0.635. The molecule has 0 aliphatic heterocycles. The Morgan fingerprint density at radius 2 is 1.73 bits per heavy atom. The monoisotopic (exact) mass is 416 g/mol. The van der Waals surface area contributed by atoms with Crippen LogP contribution in [0.25, 0.3) is 0 Å². The van der Waals surface area contributed by atoms with Crippen LogP contribution in [0.1, 0.15) is 50.5 Å². The zero-order valence-corrected chi connectivity index (χ0v) is 17.3. The molecule has 5 rings (SSSR count). The van der Waals surface area contributed by atoms with Crippen molar-refractivity contribution in [3.63, 3.8) is 0 Å². The number of carbonyl (C=O) groups is 3. The van der Waals surface area contributed by atoms with Gasteiger partial charge in [-0.25, -0.2) is 4.39 Å². The number of benzene rings is 1. The maximum Gasteiger partial charge on any atom is 0.308 e. The lowest BCUT2D eigenvalue weighted by molar-refractivity contribution is -0.148. The van der Waals surface area contributed by atoms with Gasteiger partial charge in [-0.1, -0.05) is 6.07 Å². The highest BCUT2D eigenvalue weighted by molar-refractivity contribution is 5.92. The van der Waals surface area contributed by atoms with Gasteiger partial charge in [0.25, 0.3) is 5.91 Å². The second-order valence-electron chi connectivity index (χ2n) is 9.38. The van der Waals surface area contributed by atoms with E-state index in [0.29, 0.717) is 29.0 Å². The van der Waals surface area contributed by atoms with E-state index in [0.717, 1.165) is 19.3 Å². The molecule has 4 aliphatic rings. The summed E-state index contributed by atoms with van der Waals surface area (Å²) in [5, 5.41) is 5.42. The van der Waals surface area contributed by atoms with E-state index in [9.17, 15) is 18.8 Å². The van der Waals surface area contributed by atoms with Crippen molar-refractivity contribution in [1.29, 1.82) is 0 Å². The smallest absolute Gasteiger partial charge is 0.308 e. The Morgan fingerprint density at radius 1 is 1.10 bits per heavy atom. The fourth-order valence-electron chi connectivity index (χ4n) is 5.94. The number of hydrogen-bond acceptors (Lipinski definition) is 4. The number of aryl methyl sites for hydroxylation is 1. The number of rotatable bonds is 7. The van der Waals surface area contributed by atoms with Crippen LogP contribution in [0.3, 0.4) is 0 Å². The molecule has 4 aliphatic carbocycles. The zero-order valence-electron chi connectivity index (χ0n) is 17.3. The number of carbonyl (C=O) groups excluding carboxylic acids is 3. The molecule has 0 unspecified atom stereocenters. The maximum atomic E-state index is 13.5. The molecule has 2 amide bonds. The number of amides is 2. The summed E-state index contributed by atoms with van der Waals surface area (Å²) >= 11 is 0. The van der Waals surface area contributed by atoms with Gasteiger partial charge < -0.3 is 15.4 Å². The highest BCUT2D eigenvalue weighted by Gasteiger charge is 2.54. The summed E-state index contributed by atoms with van der Waals surface area (Å²) in [4.78, 5) is 36.6. The normalized spacial score (nSPS) is 28.8. The average Bonchev–Trinajstić information content (AvgIpc) is 2.68. The second-order valence-corrected chi connectivity index (χ2v) is 9.38. The number of ether oxygens (including phenoxy) is 1. The summed E-state index contributed by atoms with van der Waals surface area (Å²) < 4.78 is 18.5. The van der Waals surface area contributed by atoms with E-state index >= 15 is 0 Å². The van der Waals surface area contributed by atoms with Crippen LogP contribution in [-0.4, -0.2) is 30.9 Å². The van der Waals surface area contributed by atoms with Gasteiger partial charge in [0.1, 0.15) is 5.82 Å². The molecule has 0 saturated heterocycles. The van der Waals surface area contributed by atoms with Gasteiger partial charge in [0.05, 0.1) is 6.42 Å². The van der Waals surface area contributed by atoms with Crippen molar-refractivity contribution in [1.82, 2.24) is 5.32 Å². The van der Waals surface area contributed by atoms with Gasteiger partial charge in [0, 0.05) is 17.6 Å². The fourth-order valence-corrected chi connectivity index (χ4v) is 5.94. The lowest BCUT2D eigenvalue weighted by atomic mass is 9.49. The average molecular weight is 416 g/mol. The van der Waals surface area contributed by atoms with Crippen molar-refractivity contribution in [2.75, 3.05) is 18.5 Å². The van der Waals surface area contributed by atoms with Gasteiger partial charge in [0.2, 0.25) is 5.91 Å². The van der Waals surface area contributed by atoms with Crippen molar-refractivity contribution in [3.05, 3.63) is 29.6 Å². The molecule has 0 radical (unpaired) electrons. The minimum Gasteiger partial charge on any atom is -0.456 e. The van der Waals surface area contributed by atoms with Gasteiger partial charge in [0.15, 0.2) is 6.61 Å². The highest BCUT2D eigenvalue weighted by Crippen LogP contribution is 2.60. The Balaban J connectivity index is 1.17. The van der Waals surface area contributed by atoms with Crippen molar-refractivity contribution < 1.29 is 23.5 Å². The minimum absolute atomic E-state index is 0.0184. The van der Waals surface area contributed by atoms with Gasteiger partial charge in [-0.05, 0) is 80.9 Å². The molecule has 30 heavy (non-hydrogen) atoms. The molecule has 4 saturated carbocycles. The maximum absolute atomic E-state index is 13.5. The summed E-state index contributed by atoms with van der Waals surface area (Å²) in [6, 6.07) is 4.36. The van der Waals surface area contributed by atoms with Crippen LogP contribution in [0.15, 0.2) is 18.2 Å². The third-order valence-corrected chi connectivity index (χ3v) is 6.95. The molecular formula is C23H29FN2O4. The number of hydrogen-bond donors (Lipinski definition) is 2. The minimum atomic E-state index is -0.550. The van der Waals surface area contributed by atoms with Crippen LogP contribution < -0.4 is 10.6 Å². The Labute approximate surface area is 175 Å². The Bertz CT molecular complexity index is 818.